The quantitative estimate of drug-likeness (QED) is 0.554. The maximum absolute atomic E-state index is 12.7. The maximum atomic E-state index is 12.7. The minimum absolute atomic E-state index is 0.331. The van der Waals surface area contributed by atoms with Gasteiger partial charge in [-0.05, 0) is 29.0 Å². The summed E-state index contributed by atoms with van der Waals surface area (Å²) in [6, 6.07) is 1.39. The van der Waals surface area contributed by atoms with E-state index in [0.717, 1.165) is 5.56 Å². The molecule has 56 valence electrons. The van der Waals surface area contributed by atoms with Crippen LogP contribution in [0.4, 0.5) is 4.39 Å². The number of hydrogen-bond donors (Lipinski definition) is 0. The van der Waals surface area contributed by atoms with Gasteiger partial charge in [-0.1, -0.05) is 0 Å². The topological polar surface area (TPSA) is 43.1 Å². The van der Waals surface area contributed by atoms with Gasteiger partial charge in [0.1, 0.15) is 5.82 Å². The minimum Gasteiger partial charge on any atom is -0.205 e. The van der Waals surface area contributed by atoms with Gasteiger partial charge in [-0.25, -0.2) is 4.39 Å². The van der Waals surface area contributed by atoms with Crippen LogP contribution in [0.2, 0.25) is 0 Å². The lowest BCUT2D eigenvalue weighted by Gasteiger charge is -1.93. The number of tetrazole rings is 1. The van der Waals surface area contributed by atoms with Crippen LogP contribution >= 0.6 is 0 Å². The Morgan fingerprint density at radius 1 is 1.55 bits per heavy atom. The maximum Gasteiger partial charge on any atom is 0.182 e. The first-order chi connectivity index (χ1) is 5.27. The predicted molar refractivity (Wildman–Crippen MR) is 35.5 cm³/mol. The molecule has 2 rings (SSSR count). The molecular weight excluding hydrogens is 147 g/mol. The van der Waals surface area contributed by atoms with E-state index in [4.69, 9.17) is 0 Å². The summed E-state index contributed by atoms with van der Waals surface area (Å²) >= 11 is 0. The van der Waals surface area contributed by atoms with Crippen LogP contribution in [0, 0.1) is 12.7 Å². The van der Waals surface area contributed by atoms with Gasteiger partial charge in [-0.2, -0.15) is 4.52 Å². The largest absolute Gasteiger partial charge is 0.205 e. The minimum atomic E-state index is -0.331. The molecule has 0 unspecified atom stereocenters. The Labute approximate surface area is 61.6 Å². The highest BCUT2D eigenvalue weighted by atomic mass is 19.1. The summed E-state index contributed by atoms with van der Waals surface area (Å²) in [5.41, 5.74) is 1.32. The third-order valence-corrected chi connectivity index (χ3v) is 1.45. The van der Waals surface area contributed by atoms with Gasteiger partial charge in [0.05, 0.1) is 6.20 Å². The molecule has 0 atom stereocenters. The zero-order valence-electron chi connectivity index (χ0n) is 5.82. The first-order valence-corrected chi connectivity index (χ1v) is 3.11. The molecule has 0 amide bonds. The second-order valence-electron chi connectivity index (χ2n) is 2.29. The molecule has 0 N–H and O–H groups in total. The lowest BCUT2D eigenvalue weighted by atomic mass is 10.3. The van der Waals surface area contributed by atoms with Crippen LogP contribution in [0.15, 0.2) is 12.3 Å². The molecule has 0 aliphatic rings. The van der Waals surface area contributed by atoms with Crippen molar-refractivity contribution in [1.29, 1.82) is 0 Å². The van der Waals surface area contributed by atoms with Gasteiger partial charge in [-0.3, -0.25) is 0 Å². The summed E-state index contributed by atoms with van der Waals surface area (Å²) in [6.45, 7) is 1.76. The van der Waals surface area contributed by atoms with Crippen molar-refractivity contribution in [1.82, 2.24) is 20.0 Å². The SMILES string of the molecule is Cc1cc(F)cn2nnnc12. The first-order valence-electron chi connectivity index (χ1n) is 3.11. The van der Waals surface area contributed by atoms with Crippen molar-refractivity contribution >= 4 is 5.65 Å². The number of aryl methyl sites for hydroxylation is 1. The van der Waals surface area contributed by atoms with Crippen molar-refractivity contribution in [2.24, 2.45) is 0 Å². The second-order valence-corrected chi connectivity index (χ2v) is 2.29. The van der Waals surface area contributed by atoms with Crippen LogP contribution in [0.25, 0.3) is 5.65 Å². The van der Waals surface area contributed by atoms with Crippen LogP contribution in [-0.2, 0) is 0 Å². The smallest absolute Gasteiger partial charge is 0.182 e. The van der Waals surface area contributed by atoms with E-state index in [0.29, 0.717) is 5.65 Å². The molecule has 0 saturated heterocycles. The molecule has 4 nitrogen and oxygen atoms in total. The summed E-state index contributed by atoms with van der Waals surface area (Å²) in [7, 11) is 0. The van der Waals surface area contributed by atoms with Gasteiger partial charge >= 0.3 is 0 Å². The third-order valence-electron chi connectivity index (χ3n) is 1.45. The predicted octanol–water partition coefficient (Wildman–Crippen LogP) is 0.572. The van der Waals surface area contributed by atoms with Crippen LogP contribution in [0.3, 0.4) is 0 Å². The Kier molecular flexibility index (Phi) is 1.12. The molecule has 11 heavy (non-hydrogen) atoms. The zero-order valence-corrected chi connectivity index (χ0v) is 5.82. The van der Waals surface area contributed by atoms with Crippen molar-refractivity contribution in [3.63, 3.8) is 0 Å². The summed E-state index contributed by atoms with van der Waals surface area (Å²) in [6.07, 6.45) is 1.24. The summed E-state index contributed by atoms with van der Waals surface area (Å²) < 4.78 is 14.0. The van der Waals surface area contributed by atoms with E-state index in [1.54, 1.807) is 6.92 Å². The average molecular weight is 152 g/mol. The van der Waals surface area contributed by atoms with E-state index in [1.165, 1.54) is 16.8 Å². The third kappa shape index (κ3) is 0.849. The number of rotatable bonds is 0. The number of nitrogens with zero attached hydrogens (tertiary/aromatic N) is 4. The molecule has 0 aliphatic heterocycles. The number of hydrogen-bond acceptors (Lipinski definition) is 3. The Bertz CT molecular complexity index is 394. The van der Waals surface area contributed by atoms with E-state index in [9.17, 15) is 4.39 Å². The molecule has 2 heterocycles. The molecule has 0 bridgehead atoms. The molecule has 0 saturated carbocycles. The van der Waals surface area contributed by atoms with Crippen LogP contribution in [0.1, 0.15) is 5.56 Å². The molecule has 0 radical (unpaired) electrons. The highest BCUT2D eigenvalue weighted by Gasteiger charge is 2.01. The fourth-order valence-electron chi connectivity index (χ4n) is 0.966. The highest BCUT2D eigenvalue weighted by Crippen LogP contribution is 2.06. The normalized spacial score (nSPS) is 10.7. The van der Waals surface area contributed by atoms with Crippen molar-refractivity contribution in [2.45, 2.75) is 6.92 Å². The van der Waals surface area contributed by atoms with Gasteiger partial charge < -0.3 is 0 Å². The molecule has 5 heteroatoms. The number of fused-ring (bicyclic) bond motifs is 1. The Hall–Kier alpha value is -1.52. The molecule has 2 aromatic rings. The van der Waals surface area contributed by atoms with E-state index < -0.39 is 0 Å². The summed E-state index contributed by atoms with van der Waals surface area (Å²) in [5, 5.41) is 10.6. The average Bonchev–Trinajstić information content (AvgIpc) is 2.34. The number of halogens is 1. The molecule has 0 aliphatic carbocycles. The standard InChI is InChI=1S/C6H5FN4/c1-4-2-5(7)3-11-6(4)8-9-10-11/h2-3H,1H3. The number of aromatic nitrogens is 4. The van der Waals surface area contributed by atoms with Gasteiger partial charge in [0, 0.05) is 0 Å². The molecular formula is C6H5FN4. The van der Waals surface area contributed by atoms with Crippen LogP contribution in [0.5, 0.6) is 0 Å². The Balaban J connectivity index is 2.91. The highest BCUT2D eigenvalue weighted by molar-refractivity contribution is 5.43. The van der Waals surface area contributed by atoms with Crippen molar-refractivity contribution < 1.29 is 4.39 Å². The van der Waals surface area contributed by atoms with E-state index in [-0.39, 0.29) is 5.82 Å². The fourth-order valence-corrected chi connectivity index (χ4v) is 0.966. The lowest BCUT2D eigenvalue weighted by Crippen LogP contribution is -1.91. The van der Waals surface area contributed by atoms with Crippen LogP contribution in [-0.4, -0.2) is 20.0 Å². The first kappa shape index (κ1) is 6.21. The Morgan fingerprint density at radius 2 is 2.36 bits per heavy atom. The molecule has 0 aromatic carbocycles. The van der Waals surface area contributed by atoms with Crippen molar-refractivity contribution in [3.8, 4) is 0 Å². The zero-order chi connectivity index (χ0) is 7.84. The van der Waals surface area contributed by atoms with Gasteiger partial charge in [0.2, 0.25) is 0 Å². The number of pyridine rings is 1. The molecule has 0 spiro atoms. The van der Waals surface area contributed by atoms with Crippen molar-refractivity contribution in [3.05, 3.63) is 23.6 Å². The van der Waals surface area contributed by atoms with E-state index in [2.05, 4.69) is 15.5 Å². The lowest BCUT2D eigenvalue weighted by molar-refractivity contribution is 0.611. The molecule has 2 aromatic heterocycles. The Morgan fingerprint density at radius 3 is 3.18 bits per heavy atom. The van der Waals surface area contributed by atoms with Gasteiger partial charge in [-0.15, -0.1) is 5.10 Å². The van der Waals surface area contributed by atoms with E-state index >= 15 is 0 Å². The second kappa shape index (κ2) is 1.98. The van der Waals surface area contributed by atoms with Gasteiger partial charge in [0.15, 0.2) is 5.65 Å². The fraction of sp³-hybridized carbons (Fsp3) is 0.167. The van der Waals surface area contributed by atoms with Crippen LogP contribution < -0.4 is 0 Å². The summed E-state index contributed by atoms with van der Waals surface area (Å²) in [5.74, 6) is -0.331. The summed E-state index contributed by atoms with van der Waals surface area (Å²) in [4.78, 5) is 0. The monoisotopic (exact) mass is 152 g/mol. The van der Waals surface area contributed by atoms with Gasteiger partial charge in [0.25, 0.3) is 0 Å². The van der Waals surface area contributed by atoms with Crippen molar-refractivity contribution in [2.75, 3.05) is 0 Å². The van der Waals surface area contributed by atoms with E-state index in [1.807, 2.05) is 0 Å². The molecule has 0 fully saturated rings.